The van der Waals surface area contributed by atoms with E-state index in [9.17, 15) is 9.59 Å². The lowest BCUT2D eigenvalue weighted by molar-refractivity contribution is -0.115. The van der Waals surface area contributed by atoms with E-state index in [1.54, 1.807) is 13.1 Å². The van der Waals surface area contributed by atoms with E-state index in [4.69, 9.17) is 4.74 Å². The minimum atomic E-state index is -0.381. The Labute approximate surface area is 119 Å². The van der Waals surface area contributed by atoms with Crippen molar-refractivity contribution in [1.82, 2.24) is 4.90 Å². The van der Waals surface area contributed by atoms with E-state index < -0.39 is 0 Å². The first-order chi connectivity index (χ1) is 9.66. The smallest absolute Gasteiger partial charge is 0.410 e. The highest BCUT2D eigenvalue weighted by molar-refractivity contribution is 5.90. The Balaban J connectivity index is 1.87. The summed E-state index contributed by atoms with van der Waals surface area (Å²) >= 11 is 0. The zero-order valence-corrected chi connectivity index (χ0v) is 11.6. The van der Waals surface area contributed by atoms with Crippen molar-refractivity contribution in [3.63, 3.8) is 0 Å². The molecule has 20 heavy (non-hydrogen) atoms. The number of rotatable bonds is 3. The van der Waals surface area contributed by atoms with Gasteiger partial charge in [-0.05, 0) is 24.5 Å². The fraction of sp³-hybridized carbons (Fsp3) is 0.375. The van der Waals surface area contributed by atoms with Crippen LogP contribution in [0.3, 0.4) is 0 Å². The van der Waals surface area contributed by atoms with Gasteiger partial charge in [-0.2, -0.15) is 0 Å². The van der Waals surface area contributed by atoms with Crippen LogP contribution in [-0.2, 0) is 16.1 Å². The molecule has 1 aliphatic rings. The summed E-state index contributed by atoms with van der Waals surface area (Å²) in [6.45, 7) is 0.253. The van der Waals surface area contributed by atoms with Crippen molar-refractivity contribution >= 4 is 11.9 Å². The Kier molecular flexibility index (Phi) is 4.93. The fourth-order valence-corrected chi connectivity index (χ4v) is 2.21. The molecule has 1 atom stereocenters. The van der Waals surface area contributed by atoms with E-state index in [0.717, 1.165) is 18.4 Å². The maximum absolute atomic E-state index is 12.0. The first-order valence-corrected chi connectivity index (χ1v) is 6.79. The van der Waals surface area contributed by atoms with Crippen molar-refractivity contribution in [1.29, 1.82) is 0 Å². The Morgan fingerprint density at radius 1 is 1.35 bits per heavy atom. The normalized spacial score (nSPS) is 18.4. The van der Waals surface area contributed by atoms with Crippen LogP contribution < -0.4 is 0 Å². The molecule has 0 saturated heterocycles. The third-order valence-corrected chi connectivity index (χ3v) is 3.45. The average molecular weight is 273 g/mol. The minimum absolute atomic E-state index is 0.0650. The first kappa shape index (κ1) is 14.3. The second-order valence-corrected chi connectivity index (χ2v) is 4.96. The summed E-state index contributed by atoms with van der Waals surface area (Å²) in [5, 5.41) is 0. The van der Waals surface area contributed by atoms with Gasteiger partial charge in [0.05, 0.1) is 0 Å². The molecule has 1 aliphatic carbocycles. The highest BCUT2D eigenvalue weighted by Crippen LogP contribution is 2.16. The van der Waals surface area contributed by atoms with Gasteiger partial charge in [0.1, 0.15) is 6.61 Å². The highest BCUT2D eigenvalue weighted by Gasteiger charge is 2.23. The lowest BCUT2D eigenvalue weighted by Gasteiger charge is -2.25. The molecule has 1 amide bonds. The molecule has 106 valence electrons. The van der Waals surface area contributed by atoms with Crippen LogP contribution in [0.2, 0.25) is 0 Å². The van der Waals surface area contributed by atoms with Crippen LogP contribution in [0.4, 0.5) is 4.79 Å². The molecule has 1 aromatic carbocycles. The number of nitrogens with zero attached hydrogens (tertiary/aromatic N) is 1. The topological polar surface area (TPSA) is 46.6 Å². The van der Waals surface area contributed by atoms with Gasteiger partial charge in [-0.3, -0.25) is 4.79 Å². The molecular formula is C16H19NO3. The molecule has 2 rings (SSSR count). The Hall–Kier alpha value is -2.10. The summed E-state index contributed by atoms with van der Waals surface area (Å²) < 4.78 is 5.27. The molecule has 0 saturated carbocycles. The molecule has 0 radical (unpaired) electrons. The largest absolute Gasteiger partial charge is 0.445 e. The second-order valence-electron chi connectivity index (χ2n) is 4.96. The van der Waals surface area contributed by atoms with Crippen molar-refractivity contribution in [2.75, 3.05) is 7.05 Å². The van der Waals surface area contributed by atoms with E-state index in [1.807, 2.05) is 36.4 Å². The van der Waals surface area contributed by atoms with Gasteiger partial charge in [0.25, 0.3) is 0 Å². The number of carbonyl (C=O) groups excluding carboxylic acids is 2. The van der Waals surface area contributed by atoms with Crippen LogP contribution in [0, 0.1) is 0 Å². The molecule has 0 N–H and O–H groups in total. The number of benzene rings is 1. The number of allylic oxidation sites excluding steroid dienone is 2. The monoisotopic (exact) mass is 273 g/mol. The number of hydrogen-bond acceptors (Lipinski definition) is 3. The van der Waals surface area contributed by atoms with Crippen molar-refractivity contribution in [2.45, 2.75) is 31.9 Å². The summed E-state index contributed by atoms with van der Waals surface area (Å²) in [6, 6.07) is 9.46. The van der Waals surface area contributed by atoms with Gasteiger partial charge in [-0.25, -0.2) is 4.79 Å². The van der Waals surface area contributed by atoms with Gasteiger partial charge >= 0.3 is 6.09 Å². The zero-order chi connectivity index (χ0) is 14.4. The molecule has 0 aliphatic heterocycles. The predicted octanol–water partition coefficient (Wildman–Crippen LogP) is 2.93. The highest BCUT2D eigenvalue weighted by atomic mass is 16.6. The molecule has 0 bridgehead atoms. The maximum Gasteiger partial charge on any atom is 0.410 e. The molecule has 0 unspecified atom stereocenters. The second kappa shape index (κ2) is 6.89. The zero-order valence-electron chi connectivity index (χ0n) is 11.6. The van der Waals surface area contributed by atoms with E-state index in [1.165, 1.54) is 4.90 Å². The number of ketones is 1. The van der Waals surface area contributed by atoms with E-state index in [-0.39, 0.29) is 24.5 Å². The molecular weight excluding hydrogens is 254 g/mol. The molecule has 0 fully saturated rings. The van der Waals surface area contributed by atoms with Gasteiger partial charge in [0.2, 0.25) is 0 Å². The van der Waals surface area contributed by atoms with E-state index in [2.05, 4.69) is 0 Å². The molecule has 0 aromatic heterocycles. The molecule has 4 heteroatoms. The third-order valence-electron chi connectivity index (χ3n) is 3.45. The summed E-state index contributed by atoms with van der Waals surface area (Å²) in [6.07, 6.45) is 5.06. The Morgan fingerprint density at radius 3 is 2.85 bits per heavy atom. The van der Waals surface area contributed by atoms with Crippen LogP contribution in [0.1, 0.15) is 24.8 Å². The van der Waals surface area contributed by atoms with Gasteiger partial charge in [0, 0.05) is 19.5 Å². The van der Waals surface area contributed by atoms with Gasteiger partial charge < -0.3 is 9.64 Å². The molecule has 0 heterocycles. The maximum atomic E-state index is 12.0. The average Bonchev–Trinajstić information content (AvgIpc) is 2.69. The fourth-order valence-electron chi connectivity index (χ4n) is 2.21. The number of carbonyl (C=O) groups is 2. The summed E-state index contributed by atoms with van der Waals surface area (Å²) in [5.41, 5.74) is 0.952. The lowest BCUT2D eigenvalue weighted by Crippen LogP contribution is -2.38. The summed E-state index contributed by atoms with van der Waals surface area (Å²) in [4.78, 5) is 25.1. The number of amides is 1. The van der Waals surface area contributed by atoms with Crippen molar-refractivity contribution in [2.24, 2.45) is 0 Å². The molecule has 4 nitrogen and oxygen atoms in total. The van der Waals surface area contributed by atoms with Crippen LogP contribution in [-0.4, -0.2) is 29.9 Å². The quantitative estimate of drug-likeness (QED) is 0.850. The first-order valence-electron chi connectivity index (χ1n) is 6.79. The predicted molar refractivity (Wildman–Crippen MR) is 76.2 cm³/mol. The summed E-state index contributed by atoms with van der Waals surface area (Å²) in [7, 11) is 1.69. The van der Waals surface area contributed by atoms with E-state index in [0.29, 0.717) is 6.42 Å². The molecule has 0 spiro atoms. The van der Waals surface area contributed by atoms with Gasteiger partial charge in [-0.15, -0.1) is 0 Å². The number of hydrogen-bond donors (Lipinski definition) is 0. The van der Waals surface area contributed by atoms with Crippen LogP contribution >= 0.6 is 0 Å². The Morgan fingerprint density at radius 2 is 2.10 bits per heavy atom. The van der Waals surface area contributed by atoms with Gasteiger partial charge in [-0.1, -0.05) is 36.4 Å². The minimum Gasteiger partial charge on any atom is -0.445 e. The van der Waals surface area contributed by atoms with Gasteiger partial charge in [0.15, 0.2) is 5.78 Å². The van der Waals surface area contributed by atoms with Crippen LogP contribution in [0.5, 0.6) is 0 Å². The standard InChI is InChI=1S/C16H19NO3/c1-17(14-9-5-6-10-15(18)11-14)16(19)20-12-13-7-3-2-4-8-13/h2-4,6-8,10,14H,5,9,11-12H2,1H3/t14-/m0/s1. The SMILES string of the molecule is CN(C(=O)OCc1ccccc1)[C@H]1CCC=CC(=O)C1. The van der Waals surface area contributed by atoms with Crippen molar-refractivity contribution in [3.8, 4) is 0 Å². The lowest BCUT2D eigenvalue weighted by atomic mass is 10.1. The van der Waals surface area contributed by atoms with Crippen LogP contribution in [0.15, 0.2) is 42.5 Å². The van der Waals surface area contributed by atoms with Crippen molar-refractivity contribution < 1.29 is 14.3 Å². The van der Waals surface area contributed by atoms with Crippen molar-refractivity contribution in [3.05, 3.63) is 48.0 Å². The number of ether oxygens (including phenoxy) is 1. The van der Waals surface area contributed by atoms with E-state index >= 15 is 0 Å². The van der Waals surface area contributed by atoms with Crippen LogP contribution in [0.25, 0.3) is 0 Å². The molecule has 1 aromatic rings. The Bertz CT molecular complexity index is 496. The third kappa shape index (κ3) is 3.95. The summed E-state index contributed by atoms with van der Waals surface area (Å²) in [5.74, 6) is 0.0650.